The van der Waals surface area contributed by atoms with Gasteiger partial charge in [0.05, 0.1) is 12.8 Å². The molecule has 23 heavy (non-hydrogen) atoms. The third-order valence-electron chi connectivity index (χ3n) is 3.55. The average Bonchev–Trinajstić information content (AvgIpc) is 2.55. The predicted molar refractivity (Wildman–Crippen MR) is 90.0 cm³/mol. The number of aryl methyl sites for hydroxylation is 1. The van der Waals surface area contributed by atoms with Crippen molar-refractivity contribution in [3.63, 3.8) is 0 Å². The van der Waals surface area contributed by atoms with E-state index in [4.69, 9.17) is 4.74 Å². The first kappa shape index (κ1) is 15.6. The Kier molecular flexibility index (Phi) is 4.66. The molecule has 1 amide bonds. The lowest BCUT2D eigenvalue weighted by Crippen LogP contribution is -2.31. The molecule has 1 aliphatic rings. The summed E-state index contributed by atoms with van der Waals surface area (Å²) in [6, 6.07) is 8.66. The molecule has 1 aromatic heterocycles. The summed E-state index contributed by atoms with van der Waals surface area (Å²) in [7, 11) is 1.57. The smallest absolute Gasteiger partial charge is 0.267 e. The molecule has 1 aromatic carbocycles. The van der Waals surface area contributed by atoms with Crippen LogP contribution in [0.1, 0.15) is 11.3 Å². The van der Waals surface area contributed by atoms with Crippen molar-refractivity contribution >= 4 is 23.4 Å². The van der Waals surface area contributed by atoms with E-state index in [0.29, 0.717) is 11.4 Å². The summed E-state index contributed by atoms with van der Waals surface area (Å²) in [5.74, 6) is 2.17. The van der Waals surface area contributed by atoms with Crippen molar-refractivity contribution in [1.29, 1.82) is 0 Å². The van der Waals surface area contributed by atoms with E-state index >= 15 is 0 Å². The second kappa shape index (κ2) is 6.87. The summed E-state index contributed by atoms with van der Waals surface area (Å²) in [6.07, 6.45) is 0.831. The van der Waals surface area contributed by atoms with Gasteiger partial charge in [0.2, 0.25) is 5.91 Å². The van der Waals surface area contributed by atoms with Gasteiger partial charge in [0, 0.05) is 30.0 Å². The Morgan fingerprint density at radius 1 is 1.43 bits per heavy atom. The monoisotopic (exact) mass is 331 g/mol. The van der Waals surface area contributed by atoms with Crippen LogP contribution in [0.25, 0.3) is 0 Å². The molecule has 0 unspecified atom stereocenters. The van der Waals surface area contributed by atoms with Gasteiger partial charge in [-0.3, -0.25) is 9.59 Å². The summed E-state index contributed by atoms with van der Waals surface area (Å²) in [6.45, 7) is -0.101. The number of benzene rings is 1. The van der Waals surface area contributed by atoms with Crippen LogP contribution in [-0.4, -0.2) is 28.6 Å². The van der Waals surface area contributed by atoms with E-state index in [0.717, 1.165) is 29.2 Å². The zero-order valence-corrected chi connectivity index (χ0v) is 13.6. The highest BCUT2D eigenvalue weighted by molar-refractivity contribution is 7.98. The molecule has 0 bridgehead atoms. The van der Waals surface area contributed by atoms with Crippen LogP contribution in [0.5, 0.6) is 5.75 Å². The predicted octanol–water partition coefficient (Wildman–Crippen LogP) is 1.68. The number of aromatic nitrogens is 2. The van der Waals surface area contributed by atoms with E-state index in [1.165, 1.54) is 4.68 Å². The number of methoxy groups -OCH3 is 1. The fraction of sp³-hybridized carbons (Fsp3) is 0.312. The molecule has 1 aliphatic heterocycles. The summed E-state index contributed by atoms with van der Waals surface area (Å²) >= 11 is 1.79. The summed E-state index contributed by atoms with van der Waals surface area (Å²) in [5.41, 5.74) is 2.28. The quantitative estimate of drug-likeness (QED) is 0.923. The van der Waals surface area contributed by atoms with Crippen LogP contribution < -0.4 is 15.6 Å². The largest absolute Gasteiger partial charge is 0.497 e. The zero-order chi connectivity index (χ0) is 16.2. The van der Waals surface area contributed by atoms with Gasteiger partial charge in [-0.15, -0.1) is 0 Å². The normalized spacial score (nSPS) is 13.3. The van der Waals surface area contributed by atoms with Gasteiger partial charge >= 0.3 is 0 Å². The van der Waals surface area contributed by atoms with E-state index < -0.39 is 0 Å². The zero-order valence-electron chi connectivity index (χ0n) is 12.7. The van der Waals surface area contributed by atoms with E-state index in [-0.39, 0.29) is 18.0 Å². The van der Waals surface area contributed by atoms with Crippen molar-refractivity contribution in [3.05, 3.63) is 51.9 Å². The minimum atomic E-state index is -0.294. The Morgan fingerprint density at radius 2 is 2.30 bits per heavy atom. The molecule has 2 heterocycles. The molecule has 0 spiro atoms. The van der Waals surface area contributed by atoms with Crippen molar-refractivity contribution in [2.24, 2.45) is 0 Å². The summed E-state index contributed by atoms with van der Waals surface area (Å²) in [5, 5.41) is 7.08. The van der Waals surface area contributed by atoms with Gasteiger partial charge < -0.3 is 10.1 Å². The first-order chi connectivity index (χ1) is 11.2. The summed E-state index contributed by atoms with van der Waals surface area (Å²) in [4.78, 5) is 24.2. The SMILES string of the molecule is COc1cccc(NC(=O)Cn2nc3c(cc2=O)CSCC3)c1. The standard InChI is InChI=1S/C16H17N3O3S/c1-22-13-4-2-3-12(8-13)17-15(20)9-19-16(21)7-11-10-23-6-5-14(11)18-19/h2-4,7-8H,5-6,9-10H2,1H3,(H,17,20). The van der Waals surface area contributed by atoms with Gasteiger partial charge in [-0.25, -0.2) is 4.68 Å². The first-order valence-corrected chi connectivity index (χ1v) is 8.43. The number of amides is 1. The Labute approximate surface area is 137 Å². The molecule has 3 rings (SSSR count). The van der Waals surface area contributed by atoms with Crippen LogP contribution in [0.4, 0.5) is 5.69 Å². The summed E-state index contributed by atoms with van der Waals surface area (Å²) < 4.78 is 6.34. The van der Waals surface area contributed by atoms with Crippen molar-refractivity contribution in [1.82, 2.24) is 9.78 Å². The van der Waals surface area contributed by atoms with E-state index in [1.54, 1.807) is 49.2 Å². The van der Waals surface area contributed by atoms with Crippen LogP contribution in [0.15, 0.2) is 35.1 Å². The third kappa shape index (κ3) is 3.73. The number of hydrogen-bond donors (Lipinski definition) is 1. The fourth-order valence-electron chi connectivity index (χ4n) is 2.40. The molecule has 0 radical (unpaired) electrons. The molecule has 1 N–H and O–H groups in total. The molecule has 0 aliphatic carbocycles. The maximum atomic E-state index is 12.1. The number of fused-ring (bicyclic) bond motifs is 1. The number of hydrogen-bond acceptors (Lipinski definition) is 5. The lowest BCUT2D eigenvalue weighted by Gasteiger charge is -2.15. The van der Waals surface area contributed by atoms with Crippen molar-refractivity contribution in [2.45, 2.75) is 18.7 Å². The minimum Gasteiger partial charge on any atom is -0.497 e. The molecule has 6 nitrogen and oxygen atoms in total. The molecule has 7 heteroatoms. The molecule has 2 aromatic rings. The molecular formula is C16H17N3O3S. The number of nitrogens with zero attached hydrogens (tertiary/aromatic N) is 2. The van der Waals surface area contributed by atoms with Crippen molar-refractivity contribution in [2.75, 3.05) is 18.2 Å². The molecular weight excluding hydrogens is 314 g/mol. The number of anilines is 1. The van der Waals surface area contributed by atoms with Gasteiger partial charge in [-0.05, 0) is 23.4 Å². The van der Waals surface area contributed by atoms with Crippen LogP contribution >= 0.6 is 11.8 Å². The van der Waals surface area contributed by atoms with Gasteiger partial charge in [-0.1, -0.05) is 6.07 Å². The van der Waals surface area contributed by atoms with E-state index in [2.05, 4.69) is 10.4 Å². The molecule has 0 saturated carbocycles. The number of rotatable bonds is 4. The minimum absolute atomic E-state index is 0.101. The Hall–Kier alpha value is -2.28. The molecule has 0 fully saturated rings. The number of ether oxygens (including phenoxy) is 1. The lowest BCUT2D eigenvalue weighted by atomic mass is 10.2. The fourth-order valence-corrected chi connectivity index (χ4v) is 3.36. The van der Waals surface area contributed by atoms with Crippen molar-refractivity contribution in [3.8, 4) is 5.75 Å². The van der Waals surface area contributed by atoms with Gasteiger partial charge in [-0.2, -0.15) is 16.9 Å². The van der Waals surface area contributed by atoms with Gasteiger partial charge in [0.25, 0.3) is 5.56 Å². The average molecular weight is 331 g/mol. The molecule has 120 valence electrons. The number of nitrogens with one attached hydrogen (secondary N) is 1. The highest BCUT2D eigenvalue weighted by Gasteiger charge is 2.15. The van der Waals surface area contributed by atoms with Crippen LogP contribution in [-0.2, 0) is 23.5 Å². The second-order valence-electron chi connectivity index (χ2n) is 5.19. The number of carbonyl (C=O) groups is 1. The third-order valence-corrected chi connectivity index (χ3v) is 4.56. The van der Waals surface area contributed by atoms with Crippen LogP contribution in [0.3, 0.4) is 0 Å². The maximum Gasteiger partial charge on any atom is 0.267 e. The van der Waals surface area contributed by atoms with E-state index in [9.17, 15) is 9.59 Å². The van der Waals surface area contributed by atoms with Gasteiger partial charge in [0.15, 0.2) is 0 Å². The topological polar surface area (TPSA) is 73.2 Å². The van der Waals surface area contributed by atoms with Gasteiger partial charge in [0.1, 0.15) is 12.3 Å². The molecule has 0 saturated heterocycles. The highest BCUT2D eigenvalue weighted by Crippen LogP contribution is 2.21. The number of carbonyl (C=O) groups excluding carboxylic acids is 1. The van der Waals surface area contributed by atoms with E-state index in [1.807, 2.05) is 0 Å². The van der Waals surface area contributed by atoms with Crippen LogP contribution in [0, 0.1) is 0 Å². The first-order valence-electron chi connectivity index (χ1n) is 7.27. The Balaban J connectivity index is 1.73. The highest BCUT2D eigenvalue weighted by atomic mass is 32.2. The second-order valence-corrected chi connectivity index (χ2v) is 6.30. The Bertz CT molecular complexity index is 788. The maximum absolute atomic E-state index is 12.1. The van der Waals surface area contributed by atoms with Crippen LogP contribution in [0.2, 0.25) is 0 Å². The van der Waals surface area contributed by atoms with Crippen molar-refractivity contribution < 1.29 is 9.53 Å². The number of thioether (sulfide) groups is 1. The molecule has 0 atom stereocenters. The lowest BCUT2D eigenvalue weighted by molar-refractivity contribution is -0.117. The Morgan fingerprint density at radius 3 is 3.13 bits per heavy atom.